The van der Waals surface area contributed by atoms with Gasteiger partial charge in [0.15, 0.2) is 5.75 Å². The van der Waals surface area contributed by atoms with Gasteiger partial charge in [0.25, 0.3) is 0 Å². The maximum atomic E-state index is 13.3. The lowest BCUT2D eigenvalue weighted by molar-refractivity contribution is -0.135. The number of nitrogens with zero attached hydrogens (tertiary/aromatic N) is 2. The van der Waals surface area contributed by atoms with Crippen LogP contribution in [0, 0.1) is 12.7 Å². The minimum atomic E-state index is -0.836. The molecule has 8 heteroatoms. The van der Waals surface area contributed by atoms with Gasteiger partial charge in [-0.25, -0.2) is 9.37 Å². The molecule has 2 aromatic carbocycles. The summed E-state index contributed by atoms with van der Waals surface area (Å²) in [5.74, 6) is -1.23. The van der Waals surface area contributed by atoms with Gasteiger partial charge in [-0.05, 0) is 48.2 Å². The number of aryl methyl sites for hydroxylation is 1. The van der Waals surface area contributed by atoms with E-state index in [0.717, 1.165) is 16.7 Å². The van der Waals surface area contributed by atoms with Crippen molar-refractivity contribution in [3.05, 3.63) is 95.1 Å². The first kappa shape index (κ1) is 22.8. The van der Waals surface area contributed by atoms with Crippen LogP contribution in [0.25, 0.3) is 10.9 Å². The van der Waals surface area contributed by atoms with Crippen LogP contribution in [0.1, 0.15) is 22.4 Å². The topological polar surface area (TPSA) is 93.2 Å². The average Bonchev–Trinajstić information content (AvgIpc) is 2.85. The number of benzene rings is 2. The van der Waals surface area contributed by atoms with Gasteiger partial charge in [0.05, 0.1) is 5.69 Å². The molecular weight excluding hydrogens is 435 g/mol. The lowest BCUT2D eigenvalue weighted by Crippen LogP contribution is -2.33. The summed E-state index contributed by atoms with van der Waals surface area (Å²) < 4.78 is 19.4. The number of anilines is 1. The Kier molecular flexibility index (Phi) is 6.77. The summed E-state index contributed by atoms with van der Waals surface area (Å²) in [5.41, 5.74) is 3.75. The van der Waals surface area contributed by atoms with E-state index in [1.54, 1.807) is 25.3 Å². The molecule has 2 N–H and O–H groups in total. The zero-order chi connectivity index (χ0) is 24.1. The van der Waals surface area contributed by atoms with Crippen molar-refractivity contribution in [2.75, 3.05) is 12.4 Å². The van der Waals surface area contributed by atoms with E-state index in [2.05, 4.69) is 20.6 Å². The Bertz CT molecular complexity index is 1340. The van der Waals surface area contributed by atoms with Crippen molar-refractivity contribution >= 4 is 28.5 Å². The number of nitrogens with one attached hydrogen (secondary N) is 2. The molecule has 2 amide bonds. The number of carbonyl (C=O) groups excluding carboxylic acids is 2. The van der Waals surface area contributed by atoms with Crippen LogP contribution in [0.5, 0.6) is 5.75 Å². The average molecular weight is 458 g/mol. The van der Waals surface area contributed by atoms with Crippen molar-refractivity contribution in [2.45, 2.75) is 20.0 Å². The molecule has 4 aromatic rings. The highest BCUT2D eigenvalue weighted by atomic mass is 19.1. The Morgan fingerprint density at radius 2 is 1.71 bits per heavy atom. The molecular formula is C26H23FN4O3. The van der Waals surface area contributed by atoms with E-state index in [0.29, 0.717) is 35.4 Å². The highest BCUT2D eigenvalue weighted by Crippen LogP contribution is 2.33. The number of ether oxygens (including phenoxy) is 1. The predicted molar refractivity (Wildman–Crippen MR) is 127 cm³/mol. The second kappa shape index (κ2) is 10.1. The number of aromatic nitrogens is 2. The number of pyridine rings is 2. The van der Waals surface area contributed by atoms with Crippen LogP contribution in [0.3, 0.4) is 0 Å². The maximum Gasteiger partial charge on any atom is 0.314 e. The van der Waals surface area contributed by atoms with Crippen LogP contribution in [-0.2, 0) is 22.6 Å². The number of amides is 2. The van der Waals surface area contributed by atoms with E-state index < -0.39 is 11.8 Å². The number of halogens is 1. The van der Waals surface area contributed by atoms with Gasteiger partial charge in [0.2, 0.25) is 0 Å². The molecule has 0 saturated carbocycles. The van der Waals surface area contributed by atoms with Crippen molar-refractivity contribution < 1.29 is 18.7 Å². The van der Waals surface area contributed by atoms with E-state index >= 15 is 0 Å². The van der Waals surface area contributed by atoms with Crippen molar-refractivity contribution in [1.82, 2.24) is 15.3 Å². The number of carbonyl (C=O) groups is 2. The van der Waals surface area contributed by atoms with Gasteiger partial charge >= 0.3 is 11.8 Å². The molecule has 0 aliphatic carbocycles. The van der Waals surface area contributed by atoms with Crippen molar-refractivity contribution in [2.24, 2.45) is 0 Å². The summed E-state index contributed by atoms with van der Waals surface area (Å²) in [6.45, 7) is 2.07. The molecule has 0 radical (unpaired) electrons. The Morgan fingerprint density at radius 1 is 0.971 bits per heavy atom. The molecule has 0 unspecified atom stereocenters. The molecule has 4 rings (SSSR count). The summed E-state index contributed by atoms with van der Waals surface area (Å²) in [6.07, 6.45) is 2.21. The summed E-state index contributed by atoms with van der Waals surface area (Å²) in [6, 6.07) is 17.8. The zero-order valence-corrected chi connectivity index (χ0v) is 18.8. The van der Waals surface area contributed by atoms with Crippen LogP contribution in [0.15, 0.2) is 66.9 Å². The highest BCUT2D eigenvalue weighted by molar-refractivity contribution is 6.40. The second-order valence-corrected chi connectivity index (χ2v) is 7.73. The predicted octanol–water partition coefficient (Wildman–Crippen LogP) is 3.93. The summed E-state index contributed by atoms with van der Waals surface area (Å²) in [7, 11) is 1.38. The van der Waals surface area contributed by atoms with Gasteiger partial charge in [0.1, 0.15) is 23.8 Å². The third-order valence-electron chi connectivity index (χ3n) is 5.24. The molecule has 2 heterocycles. The molecule has 0 atom stereocenters. The first-order chi connectivity index (χ1) is 16.4. The standard InChI is InChI=1S/C26H23FN4O3/c1-16-23(34-15-18-6-4-3-5-7-18)22-21(24(30-16)31-26(33)25(32)28-2)13-19(14-29-22)12-17-8-10-20(27)11-9-17/h3-11,13-14H,12,15H2,1-2H3,(H,28,32)(H,30,31,33). The smallest absolute Gasteiger partial charge is 0.314 e. The number of fused-ring (bicyclic) bond motifs is 1. The molecule has 2 aromatic heterocycles. The largest absolute Gasteiger partial charge is 0.485 e. The summed E-state index contributed by atoms with van der Waals surface area (Å²) in [4.78, 5) is 33.1. The fourth-order valence-corrected chi connectivity index (χ4v) is 3.53. The summed E-state index contributed by atoms with van der Waals surface area (Å²) >= 11 is 0. The van der Waals surface area contributed by atoms with Gasteiger partial charge in [-0.15, -0.1) is 0 Å². The second-order valence-electron chi connectivity index (χ2n) is 7.73. The van der Waals surface area contributed by atoms with E-state index in [-0.39, 0.29) is 11.6 Å². The Hall–Kier alpha value is -4.33. The fraction of sp³-hybridized carbons (Fsp3) is 0.154. The maximum absolute atomic E-state index is 13.3. The van der Waals surface area contributed by atoms with Crippen molar-refractivity contribution in [3.63, 3.8) is 0 Å². The van der Waals surface area contributed by atoms with E-state index in [1.165, 1.54) is 19.2 Å². The first-order valence-electron chi connectivity index (χ1n) is 10.7. The minimum Gasteiger partial charge on any atom is -0.485 e. The van der Waals surface area contributed by atoms with Crippen LogP contribution >= 0.6 is 0 Å². The minimum absolute atomic E-state index is 0.210. The van der Waals surface area contributed by atoms with E-state index in [9.17, 15) is 14.0 Å². The van der Waals surface area contributed by atoms with Gasteiger partial charge in [-0.3, -0.25) is 14.6 Å². The molecule has 0 spiro atoms. The highest BCUT2D eigenvalue weighted by Gasteiger charge is 2.19. The quantitative estimate of drug-likeness (QED) is 0.427. The Labute approximate surface area is 196 Å². The van der Waals surface area contributed by atoms with Crippen molar-refractivity contribution in [1.29, 1.82) is 0 Å². The lowest BCUT2D eigenvalue weighted by atomic mass is 10.0. The third kappa shape index (κ3) is 5.17. The molecule has 34 heavy (non-hydrogen) atoms. The number of hydrogen-bond donors (Lipinski definition) is 2. The fourth-order valence-electron chi connectivity index (χ4n) is 3.53. The first-order valence-corrected chi connectivity index (χ1v) is 10.7. The molecule has 0 fully saturated rings. The Morgan fingerprint density at radius 3 is 2.41 bits per heavy atom. The molecule has 0 aliphatic rings. The number of likely N-dealkylation sites (N-methyl/N-ethyl adjacent to an activating group) is 1. The van der Waals surface area contributed by atoms with Gasteiger partial charge in [-0.2, -0.15) is 0 Å². The van der Waals surface area contributed by atoms with E-state index in [4.69, 9.17) is 4.74 Å². The monoisotopic (exact) mass is 458 g/mol. The third-order valence-corrected chi connectivity index (χ3v) is 5.24. The van der Waals surface area contributed by atoms with E-state index in [1.807, 2.05) is 36.4 Å². The van der Waals surface area contributed by atoms with Crippen LogP contribution in [-0.4, -0.2) is 28.8 Å². The lowest BCUT2D eigenvalue weighted by Gasteiger charge is -2.15. The molecule has 0 saturated heterocycles. The molecule has 172 valence electrons. The normalized spacial score (nSPS) is 10.7. The van der Waals surface area contributed by atoms with Gasteiger partial charge in [0, 0.05) is 18.6 Å². The zero-order valence-electron chi connectivity index (χ0n) is 18.8. The SMILES string of the molecule is CNC(=O)C(=O)Nc1nc(C)c(OCc2ccccc2)c2ncc(Cc3ccc(F)cc3)cc12. The number of hydrogen-bond acceptors (Lipinski definition) is 5. The van der Waals surface area contributed by atoms with Gasteiger partial charge < -0.3 is 15.4 Å². The molecule has 0 bridgehead atoms. The van der Waals surface area contributed by atoms with Gasteiger partial charge in [-0.1, -0.05) is 42.5 Å². The molecule has 0 aliphatic heterocycles. The summed E-state index contributed by atoms with van der Waals surface area (Å²) in [5, 5.41) is 5.40. The van der Waals surface area contributed by atoms with Crippen LogP contribution in [0.2, 0.25) is 0 Å². The van der Waals surface area contributed by atoms with Crippen LogP contribution in [0.4, 0.5) is 10.2 Å². The van der Waals surface area contributed by atoms with Crippen LogP contribution < -0.4 is 15.4 Å². The Balaban J connectivity index is 1.74. The van der Waals surface area contributed by atoms with Crippen molar-refractivity contribution in [3.8, 4) is 5.75 Å². The number of rotatable bonds is 6. The molecule has 7 nitrogen and oxygen atoms in total.